The van der Waals surface area contributed by atoms with Crippen LogP contribution in [0, 0.1) is 0 Å². The number of aromatic nitrogens is 4. The lowest BCUT2D eigenvalue weighted by Crippen LogP contribution is -2.40. The number of hydrogen-bond donors (Lipinski definition) is 0. The number of aryl methyl sites for hydroxylation is 1. The first-order valence-electron chi connectivity index (χ1n) is 8.38. The molecular formula is C17H16ClN5O2S. The van der Waals surface area contributed by atoms with Crippen molar-refractivity contribution in [3.8, 4) is 0 Å². The van der Waals surface area contributed by atoms with Gasteiger partial charge in [-0.3, -0.25) is 14.0 Å². The summed E-state index contributed by atoms with van der Waals surface area (Å²) >= 11 is 7.12. The molecule has 0 spiro atoms. The number of rotatable bonds is 3. The first-order chi connectivity index (χ1) is 12.6. The Labute approximate surface area is 158 Å². The molecule has 0 bridgehead atoms. The van der Waals surface area contributed by atoms with E-state index in [1.165, 1.54) is 4.40 Å². The molecule has 26 heavy (non-hydrogen) atoms. The van der Waals surface area contributed by atoms with Crippen LogP contribution in [0.5, 0.6) is 0 Å². The maximum absolute atomic E-state index is 12.9. The zero-order valence-corrected chi connectivity index (χ0v) is 15.7. The first-order valence-corrected chi connectivity index (χ1v) is 9.53. The van der Waals surface area contributed by atoms with Crippen LogP contribution in [0.25, 0.3) is 5.65 Å². The average molecular weight is 390 g/mol. The molecule has 0 saturated carbocycles. The van der Waals surface area contributed by atoms with Gasteiger partial charge in [0.1, 0.15) is 10.5 Å². The van der Waals surface area contributed by atoms with Gasteiger partial charge < -0.3 is 4.90 Å². The monoisotopic (exact) mass is 389 g/mol. The Bertz CT molecular complexity index is 1060. The minimum atomic E-state index is -0.179. The molecule has 0 atom stereocenters. The molecule has 7 nitrogen and oxygen atoms in total. The van der Waals surface area contributed by atoms with E-state index in [-0.39, 0.29) is 18.0 Å². The maximum atomic E-state index is 12.9. The van der Waals surface area contributed by atoms with Gasteiger partial charge in [0, 0.05) is 19.2 Å². The van der Waals surface area contributed by atoms with Crippen LogP contribution >= 0.6 is 23.1 Å². The summed E-state index contributed by atoms with van der Waals surface area (Å²) in [4.78, 5) is 32.6. The van der Waals surface area contributed by atoms with Crippen molar-refractivity contribution in [3.63, 3.8) is 0 Å². The molecule has 3 aromatic rings. The summed E-state index contributed by atoms with van der Waals surface area (Å²) in [5.41, 5.74) is 2.40. The second-order valence-corrected chi connectivity index (χ2v) is 7.38. The van der Waals surface area contributed by atoms with E-state index in [1.807, 2.05) is 6.92 Å². The fourth-order valence-corrected chi connectivity index (χ4v) is 4.00. The zero-order valence-electron chi connectivity index (χ0n) is 14.1. The molecule has 0 N–H and O–H groups in total. The van der Waals surface area contributed by atoms with Gasteiger partial charge in [0.15, 0.2) is 0 Å². The van der Waals surface area contributed by atoms with Crippen LogP contribution in [-0.4, -0.2) is 36.3 Å². The fourth-order valence-electron chi connectivity index (χ4n) is 3.16. The van der Waals surface area contributed by atoms with Crippen molar-refractivity contribution in [2.45, 2.75) is 32.7 Å². The van der Waals surface area contributed by atoms with E-state index in [0.717, 1.165) is 35.8 Å². The highest BCUT2D eigenvalue weighted by atomic mass is 35.5. The lowest BCUT2D eigenvalue weighted by molar-refractivity contribution is 0.0736. The number of halogens is 1. The minimum absolute atomic E-state index is 0.121. The smallest absolute Gasteiger partial charge is 0.267 e. The van der Waals surface area contributed by atoms with Gasteiger partial charge in [0.25, 0.3) is 11.5 Å². The lowest BCUT2D eigenvalue weighted by atomic mass is 10.1. The number of nitrogens with zero attached hydrogens (tertiary/aromatic N) is 5. The molecule has 4 rings (SSSR count). The van der Waals surface area contributed by atoms with Crippen molar-refractivity contribution in [2.24, 2.45) is 0 Å². The summed E-state index contributed by atoms with van der Waals surface area (Å²) in [5, 5.41) is 4.53. The standard InChI is InChI=1S/C17H16ClN5O2S/c1-2-3-13-15(26-21-20-13)17(25)22-7-6-12-11(9-22)16(24)23-8-10(18)4-5-14(23)19-12/h4-5,8H,2-3,6-7,9H2,1H3. The minimum Gasteiger partial charge on any atom is -0.333 e. The van der Waals surface area contributed by atoms with Crippen molar-refractivity contribution in [1.82, 2.24) is 23.9 Å². The molecule has 0 saturated heterocycles. The van der Waals surface area contributed by atoms with E-state index in [0.29, 0.717) is 34.1 Å². The van der Waals surface area contributed by atoms with E-state index in [4.69, 9.17) is 11.6 Å². The second kappa shape index (κ2) is 6.77. The second-order valence-electron chi connectivity index (χ2n) is 6.19. The Hall–Kier alpha value is -2.32. The highest BCUT2D eigenvalue weighted by molar-refractivity contribution is 7.08. The van der Waals surface area contributed by atoms with Crippen molar-refractivity contribution in [1.29, 1.82) is 0 Å². The molecule has 1 aliphatic heterocycles. The van der Waals surface area contributed by atoms with Crippen molar-refractivity contribution < 1.29 is 4.79 Å². The van der Waals surface area contributed by atoms with Gasteiger partial charge in [-0.1, -0.05) is 29.4 Å². The van der Waals surface area contributed by atoms with Crippen molar-refractivity contribution >= 4 is 34.7 Å². The van der Waals surface area contributed by atoms with Crippen molar-refractivity contribution in [3.05, 3.63) is 55.5 Å². The van der Waals surface area contributed by atoms with Crippen LogP contribution in [0.4, 0.5) is 0 Å². The number of pyridine rings is 1. The summed E-state index contributed by atoms with van der Waals surface area (Å²) < 4.78 is 5.36. The quantitative estimate of drug-likeness (QED) is 0.686. The molecule has 1 aliphatic rings. The van der Waals surface area contributed by atoms with Crippen LogP contribution in [0.2, 0.25) is 5.02 Å². The lowest BCUT2D eigenvalue weighted by Gasteiger charge is -2.27. The van der Waals surface area contributed by atoms with Gasteiger partial charge in [0.2, 0.25) is 0 Å². The Morgan fingerprint density at radius 3 is 3.04 bits per heavy atom. The molecule has 0 radical (unpaired) electrons. The van der Waals surface area contributed by atoms with Crippen LogP contribution in [-0.2, 0) is 19.4 Å². The Balaban J connectivity index is 1.70. The number of amides is 1. The van der Waals surface area contributed by atoms with E-state index < -0.39 is 0 Å². The van der Waals surface area contributed by atoms with Gasteiger partial charge in [0.05, 0.1) is 28.5 Å². The molecule has 0 fully saturated rings. The molecule has 4 heterocycles. The zero-order chi connectivity index (χ0) is 18.3. The van der Waals surface area contributed by atoms with Gasteiger partial charge >= 0.3 is 0 Å². The predicted molar refractivity (Wildman–Crippen MR) is 98.8 cm³/mol. The molecule has 134 valence electrons. The maximum Gasteiger partial charge on any atom is 0.267 e. The summed E-state index contributed by atoms with van der Waals surface area (Å²) in [7, 11) is 0. The van der Waals surface area contributed by atoms with Crippen LogP contribution < -0.4 is 5.56 Å². The topological polar surface area (TPSA) is 80.5 Å². The molecule has 0 unspecified atom stereocenters. The first kappa shape index (κ1) is 17.1. The molecule has 0 aromatic carbocycles. The highest BCUT2D eigenvalue weighted by Crippen LogP contribution is 2.21. The molecule has 3 aromatic heterocycles. The van der Waals surface area contributed by atoms with E-state index in [1.54, 1.807) is 23.2 Å². The number of hydrogen-bond acceptors (Lipinski definition) is 6. The summed E-state index contributed by atoms with van der Waals surface area (Å²) in [6.45, 7) is 2.79. The molecule has 9 heteroatoms. The number of carbonyl (C=O) groups excluding carboxylic acids is 1. The van der Waals surface area contributed by atoms with Crippen LogP contribution in [0.3, 0.4) is 0 Å². The van der Waals surface area contributed by atoms with Gasteiger partial charge in [-0.25, -0.2) is 4.98 Å². The molecule has 0 aliphatic carbocycles. The Morgan fingerprint density at radius 2 is 2.23 bits per heavy atom. The third-order valence-electron chi connectivity index (χ3n) is 4.46. The third kappa shape index (κ3) is 2.89. The van der Waals surface area contributed by atoms with Gasteiger partial charge in [-0.05, 0) is 30.1 Å². The Kier molecular flexibility index (Phi) is 4.46. The van der Waals surface area contributed by atoms with E-state index in [9.17, 15) is 9.59 Å². The SMILES string of the molecule is CCCc1nnsc1C(=O)N1CCc2nc3ccc(Cl)cn3c(=O)c2C1. The van der Waals surface area contributed by atoms with Crippen LogP contribution in [0.15, 0.2) is 23.1 Å². The Morgan fingerprint density at radius 1 is 1.38 bits per heavy atom. The summed E-state index contributed by atoms with van der Waals surface area (Å²) in [6, 6.07) is 3.43. The number of fused-ring (bicyclic) bond motifs is 2. The van der Waals surface area contributed by atoms with Crippen molar-refractivity contribution in [2.75, 3.05) is 6.54 Å². The van der Waals surface area contributed by atoms with E-state index >= 15 is 0 Å². The number of carbonyl (C=O) groups is 1. The fraction of sp³-hybridized carbons (Fsp3) is 0.353. The summed E-state index contributed by atoms with van der Waals surface area (Å²) in [5.74, 6) is -0.121. The predicted octanol–water partition coefficient (Wildman–Crippen LogP) is 2.35. The van der Waals surface area contributed by atoms with E-state index in [2.05, 4.69) is 14.6 Å². The third-order valence-corrected chi connectivity index (χ3v) is 5.44. The molecule has 1 amide bonds. The summed E-state index contributed by atoms with van der Waals surface area (Å²) in [6.07, 6.45) is 3.71. The van der Waals surface area contributed by atoms with Crippen LogP contribution in [0.1, 0.15) is 40.0 Å². The highest BCUT2D eigenvalue weighted by Gasteiger charge is 2.28. The largest absolute Gasteiger partial charge is 0.333 e. The molecular weight excluding hydrogens is 374 g/mol. The van der Waals surface area contributed by atoms with Gasteiger partial charge in [-0.15, -0.1) is 5.10 Å². The normalized spacial score (nSPS) is 13.8. The average Bonchev–Trinajstić information content (AvgIpc) is 3.10. The van der Waals surface area contributed by atoms with Gasteiger partial charge in [-0.2, -0.15) is 0 Å².